The van der Waals surface area contributed by atoms with Crippen molar-refractivity contribution in [3.05, 3.63) is 59.5 Å². The third-order valence-electron chi connectivity index (χ3n) is 5.36. The van der Waals surface area contributed by atoms with E-state index in [1.165, 1.54) is 11.1 Å². The molecule has 1 N–H and O–H groups in total. The predicted octanol–water partition coefficient (Wildman–Crippen LogP) is 2.87. The third-order valence-corrected chi connectivity index (χ3v) is 5.36. The zero-order chi connectivity index (χ0) is 19.3. The van der Waals surface area contributed by atoms with E-state index in [0.29, 0.717) is 0 Å². The second kappa shape index (κ2) is 8.63. The summed E-state index contributed by atoms with van der Waals surface area (Å²) in [6.07, 6.45) is 1.60. The molecule has 0 amide bonds. The van der Waals surface area contributed by atoms with E-state index in [4.69, 9.17) is 0 Å². The summed E-state index contributed by atoms with van der Waals surface area (Å²) in [5.41, 5.74) is 4.32. The fourth-order valence-corrected chi connectivity index (χ4v) is 3.89. The number of fused-ring (bicyclic) bond motifs is 1. The molecule has 6 heteroatoms. The van der Waals surface area contributed by atoms with Gasteiger partial charge in [0.25, 0.3) is 0 Å². The molecule has 0 bridgehead atoms. The van der Waals surface area contributed by atoms with Gasteiger partial charge in [0.15, 0.2) is 5.65 Å². The van der Waals surface area contributed by atoms with Crippen LogP contribution in [0.25, 0.3) is 11.0 Å². The standard InChI is InChI=1S/C22H28N6/c1-17-14-18(2)26-22-20(17)21(24-16-25-22)23-8-9-27-10-12-28(13-11-27)15-19-6-4-3-5-7-19/h3-7,14,16H,8-13,15H2,1-2H3,(H,23,24,25,26). The lowest BCUT2D eigenvalue weighted by molar-refractivity contribution is 0.130. The number of hydrogen-bond donors (Lipinski definition) is 1. The largest absolute Gasteiger partial charge is 0.368 e. The highest BCUT2D eigenvalue weighted by molar-refractivity contribution is 5.89. The molecule has 0 aliphatic carbocycles. The van der Waals surface area contributed by atoms with E-state index >= 15 is 0 Å². The second-order valence-corrected chi connectivity index (χ2v) is 7.53. The van der Waals surface area contributed by atoms with Gasteiger partial charge in [-0.2, -0.15) is 0 Å². The van der Waals surface area contributed by atoms with Gasteiger partial charge in [0.05, 0.1) is 5.39 Å². The number of benzene rings is 1. The van der Waals surface area contributed by atoms with Crippen LogP contribution < -0.4 is 5.32 Å². The molecule has 0 spiro atoms. The van der Waals surface area contributed by atoms with Gasteiger partial charge in [-0.05, 0) is 31.0 Å². The van der Waals surface area contributed by atoms with Crippen LogP contribution in [-0.2, 0) is 6.54 Å². The molecule has 3 aromatic rings. The Hall–Kier alpha value is -2.57. The Labute approximate surface area is 166 Å². The van der Waals surface area contributed by atoms with Crippen LogP contribution in [0.4, 0.5) is 5.82 Å². The average molecular weight is 377 g/mol. The van der Waals surface area contributed by atoms with E-state index in [9.17, 15) is 0 Å². The minimum atomic E-state index is 0.768. The first-order valence-electron chi connectivity index (χ1n) is 10.0. The van der Waals surface area contributed by atoms with Gasteiger partial charge in [-0.25, -0.2) is 15.0 Å². The van der Waals surface area contributed by atoms with Crippen LogP contribution in [0, 0.1) is 13.8 Å². The zero-order valence-corrected chi connectivity index (χ0v) is 16.7. The molecule has 0 unspecified atom stereocenters. The summed E-state index contributed by atoms with van der Waals surface area (Å²) in [4.78, 5) is 18.4. The molecular weight excluding hydrogens is 348 g/mol. The van der Waals surface area contributed by atoms with Gasteiger partial charge in [-0.1, -0.05) is 30.3 Å². The normalized spacial score (nSPS) is 15.8. The van der Waals surface area contributed by atoms with Gasteiger partial charge in [0.2, 0.25) is 0 Å². The van der Waals surface area contributed by atoms with E-state index in [2.05, 4.69) is 73.4 Å². The summed E-state index contributed by atoms with van der Waals surface area (Å²) in [5.74, 6) is 0.887. The number of nitrogens with zero attached hydrogens (tertiary/aromatic N) is 5. The Morgan fingerprint density at radius 1 is 0.964 bits per heavy atom. The highest BCUT2D eigenvalue weighted by atomic mass is 15.3. The van der Waals surface area contributed by atoms with E-state index in [-0.39, 0.29) is 0 Å². The Balaban J connectivity index is 1.28. The van der Waals surface area contributed by atoms with E-state index in [1.807, 2.05) is 6.92 Å². The third kappa shape index (κ3) is 4.46. The van der Waals surface area contributed by atoms with Crippen molar-refractivity contribution >= 4 is 16.9 Å². The smallest absolute Gasteiger partial charge is 0.165 e. The van der Waals surface area contributed by atoms with Crippen molar-refractivity contribution in [2.75, 3.05) is 44.6 Å². The molecule has 1 aliphatic rings. The van der Waals surface area contributed by atoms with E-state index in [0.717, 1.165) is 68.4 Å². The number of hydrogen-bond acceptors (Lipinski definition) is 6. The van der Waals surface area contributed by atoms with Crippen molar-refractivity contribution in [1.82, 2.24) is 24.8 Å². The first-order valence-corrected chi connectivity index (χ1v) is 10.0. The van der Waals surface area contributed by atoms with Crippen molar-refractivity contribution in [3.63, 3.8) is 0 Å². The van der Waals surface area contributed by atoms with Crippen molar-refractivity contribution in [3.8, 4) is 0 Å². The van der Waals surface area contributed by atoms with Crippen molar-refractivity contribution in [2.24, 2.45) is 0 Å². The predicted molar refractivity (Wildman–Crippen MR) is 113 cm³/mol. The number of pyridine rings is 1. The molecule has 3 heterocycles. The van der Waals surface area contributed by atoms with Crippen LogP contribution in [0.15, 0.2) is 42.7 Å². The number of anilines is 1. The van der Waals surface area contributed by atoms with Crippen molar-refractivity contribution in [1.29, 1.82) is 0 Å². The van der Waals surface area contributed by atoms with Crippen LogP contribution in [0.2, 0.25) is 0 Å². The monoisotopic (exact) mass is 376 g/mol. The number of rotatable bonds is 6. The summed E-state index contributed by atoms with van der Waals surface area (Å²) in [6, 6.07) is 12.8. The lowest BCUT2D eigenvalue weighted by Crippen LogP contribution is -2.47. The van der Waals surface area contributed by atoms with Crippen LogP contribution in [0.1, 0.15) is 16.8 Å². The van der Waals surface area contributed by atoms with Gasteiger partial charge < -0.3 is 5.32 Å². The first-order chi connectivity index (χ1) is 13.7. The Morgan fingerprint density at radius 3 is 2.50 bits per heavy atom. The molecule has 4 rings (SSSR count). The van der Waals surface area contributed by atoms with Crippen LogP contribution >= 0.6 is 0 Å². The summed E-state index contributed by atoms with van der Waals surface area (Å²) >= 11 is 0. The molecule has 146 valence electrons. The minimum absolute atomic E-state index is 0.768. The molecule has 1 aliphatic heterocycles. The Morgan fingerprint density at radius 2 is 1.71 bits per heavy atom. The SMILES string of the molecule is Cc1cc(C)c2c(NCCN3CCN(Cc4ccccc4)CC3)ncnc2n1. The maximum Gasteiger partial charge on any atom is 0.165 e. The molecule has 6 nitrogen and oxygen atoms in total. The van der Waals surface area contributed by atoms with Crippen LogP contribution in [0.3, 0.4) is 0 Å². The number of piperazine rings is 1. The summed E-state index contributed by atoms with van der Waals surface area (Å²) in [7, 11) is 0. The van der Waals surface area contributed by atoms with E-state index in [1.54, 1.807) is 6.33 Å². The number of aromatic nitrogens is 3. The zero-order valence-electron chi connectivity index (χ0n) is 16.7. The minimum Gasteiger partial charge on any atom is -0.368 e. The quantitative estimate of drug-likeness (QED) is 0.714. The van der Waals surface area contributed by atoms with Gasteiger partial charge in [-0.15, -0.1) is 0 Å². The maximum atomic E-state index is 4.53. The summed E-state index contributed by atoms with van der Waals surface area (Å²) in [6.45, 7) is 11.5. The highest BCUT2D eigenvalue weighted by Crippen LogP contribution is 2.22. The summed E-state index contributed by atoms with van der Waals surface area (Å²) in [5, 5.41) is 4.53. The molecule has 0 radical (unpaired) electrons. The van der Waals surface area contributed by atoms with Crippen LogP contribution in [0.5, 0.6) is 0 Å². The summed E-state index contributed by atoms with van der Waals surface area (Å²) < 4.78 is 0. The Bertz CT molecular complexity index is 919. The maximum absolute atomic E-state index is 4.53. The number of nitrogens with one attached hydrogen (secondary N) is 1. The topological polar surface area (TPSA) is 57.2 Å². The van der Waals surface area contributed by atoms with Crippen molar-refractivity contribution in [2.45, 2.75) is 20.4 Å². The fourth-order valence-electron chi connectivity index (χ4n) is 3.89. The van der Waals surface area contributed by atoms with Gasteiger partial charge in [-0.3, -0.25) is 9.80 Å². The fraction of sp³-hybridized carbons (Fsp3) is 0.409. The average Bonchev–Trinajstić information content (AvgIpc) is 2.70. The van der Waals surface area contributed by atoms with Gasteiger partial charge >= 0.3 is 0 Å². The van der Waals surface area contributed by atoms with Crippen molar-refractivity contribution < 1.29 is 0 Å². The second-order valence-electron chi connectivity index (χ2n) is 7.53. The molecule has 0 atom stereocenters. The first kappa shape index (κ1) is 18.8. The molecule has 2 aromatic heterocycles. The molecule has 1 saturated heterocycles. The highest BCUT2D eigenvalue weighted by Gasteiger charge is 2.17. The van der Waals surface area contributed by atoms with Crippen LogP contribution in [-0.4, -0.2) is 64.0 Å². The molecule has 1 aromatic carbocycles. The number of aryl methyl sites for hydroxylation is 2. The Kier molecular flexibility index (Phi) is 5.78. The van der Waals surface area contributed by atoms with Gasteiger partial charge in [0.1, 0.15) is 12.1 Å². The van der Waals surface area contributed by atoms with Gasteiger partial charge in [0, 0.05) is 51.5 Å². The molecule has 1 fully saturated rings. The van der Waals surface area contributed by atoms with E-state index < -0.39 is 0 Å². The molecular formula is C22H28N6. The lowest BCUT2D eigenvalue weighted by atomic mass is 10.1. The lowest BCUT2D eigenvalue weighted by Gasteiger charge is -2.34. The molecule has 0 saturated carbocycles. The molecule has 28 heavy (non-hydrogen) atoms.